The van der Waals surface area contributed by atoms with Crippen LogP contribution >= 0.6 is 0 Å². The van der Waals surface area contributed by atoms with Gasteiger partial charge in [0.2, 0.25) is 0 Å². The Bertz CT molecular complexity index is 125. The quantitative estimate of drug-likeness (QED) is 0.518. The number of nitrogens with zero attached hydrogens (tertiary/aromatic N) is 2. The zero-order valence-corrected chi connectivity index (χ0v) is 5.80. The molecule has 0 saturated carbocycles. The summed E-state index contributed by atoms with van der Waals surface area (Å²) in [7, 11) is 0. The molecule has 0 aromatic carbocycles. The summed E-state index contributed by atoms with van der Waals surface area (Å²) in [6.45, 7) is 5.35. The molecule has 0 bridgehead atoms. The van der Waals surface area contributed by atoms with Crippen LogP contribution in [-0.2, 0) is 0 Å². The Morgan fingerprint density at radius 3 is 2.89 bits per heavy atom. The summed E-state index contributed by atoms with van der Waals surface area (Å²) < 4.78 is 0. The van der Waals surface area contributed by atoms with E-state index in [1.165, 1.54) is 0 Å². The molecule has 2 heteroatoms. The maximum absolute atomic E-state index is 8.50. The van der Waals surface area contributed by atoms with E-state index in [2.05, 4.69) is 17.9 Å². The third-order valence-electron chi connectivity index (χ3n) is 1.90. The average Bonchev–Trinajstić information content (AvgIpc) is 2.34. The molecule has 2 nitrogen and oxygen atoms in total. The molecule has 0 unspecified atom stereocenters. The summed E-state index contributed by atoms with van der Waals surface area (Å²) in [5.74, 6) is 0.310. The van der Waals surface area contributed by atoms with Crippen molar-refractivity contribution in [2.45, 2.75) is 13.3 Å². The van der Waals surface area contributed by atoms with Gasteiger partial charge in [0.15, 0.2) is 0 Å². The van der Waals surface area contributed by atoms with Crippen molar-refractivity contribution in [3.63, 3.8) is 0 Å². The fourth-order valence-corrected chi connectivity index (χ4v) is 1.23. The lowest BCUT2D eigenvalue weighted by Crippen LogP contribution is -2.19. The molecule has 1 aliphatic rings. The van der Waals surface area contributed by atoms with E-state index < -0.39 is 0 Å². The first-order valence-corrected chi connectivity index (χ1v) is 3.48. The first-order chi connectivity index (χ1) is 4.36. The molecule has 50 valence electrons. The van der Waals surface area contributed by atoms with E-state index in [4.69, 9.17) is 5.26 Å². The van der Waals surface area contributed by atoms with Crippen molar-refractivity contribution >= 4 is 0 Å². The molecule has 0 spiro atoms. The van der Waals surface area contributed by atoms with Crippen LogP contribution in [0, 0.1) is 17.2 Å². The molecule has 0 aromatic heterocycles. The van der Waals surface area contributed by atoms with Crippen molar-refractivity contribution in [1.29, 1.82) is 5.26 Å². The number of rotatable bonds is 1. The van der Waals surface area contributed by atoms with Crippen molar-refractivity contribution in [2.24, 2.45) is 5.92 Å². The molecule has 0 aliphatic carbocycles. The summed E-state index contributed by atoms with van der Waals surface area (Å²) >= 11 is 0. The second-order valence-electron chi connectivity index (χ2n) is 2.51. The van der Waals surface area contributed by atoms with E-state index in [0.717, 1.165) is 26.1 Å². The van der Waals surface area contributed by atoms with Gasteiger partial charge in [0.05, 0.1) is 12.0 Å². The van der Waals surface area contributed by atoms with Crippen LogP contribution < -0.4 is 0 Å². The number of hydrogen-bond acceptors (Lipinski definition) is 2. The van der Waals surface area contributed by atoms with Crippen LogP contribution in [-0.4, -0.2) is 24.5 Å². The predicted octanol–water partition coefficient (Wildman–Crippen LogP) is 0.852. The minimum Gasteiger partial charge on any atom is -0.302 e. The third-order valence-corrected chi connectivity index (χ3v) is 1.90. The van der Waals surface area contributed by atoms with Gasteiger partial charge in [-0.25, -0.2) is 0 Å². The zero-order valence-electron chi connectivity index (χ0n) is 5.80. The largest absolute Gasteiger partial charge is 0.302 e. The molecule has 0 aromatic rings. The molecule has 1 atom stereocenters. The molecule has 9 heavy (non-hydrogen) atoms. The first-order valence-electron chi connectivity index (χ1n) is 3.48. The summed E-state index contributed by atoms with van der Waals surface area (Å²) in [4.78, 5) is 2.31. The van der Waals surface area contributed by atoms with Crippen molar-refractivity contribution in [3.8, 4) is 6.07 Å². The van der Waals surface area contributed by atoms with Crippen LogP contribution in [0.15, 0.2) is 0 Å². The first kappa shape index (κ1) is 6.57. The molecule has 1 heterocycles. The average molecular weight is 124 g/mol. The fourth-order valence-electron chi connectivity index (χ4n) is 1.23. The predicted molar refractivity (Wildman–Crippen MR) is 35.8 cm³/mol. The Morgan fingerprint density at radius 2 is 2.56 bits per heavy atom. The lowest BCUT2D eigenvalue weighted by molar-refractivity contribution is 0.352. The highest BCUT2D eigenvalue weighted by Crippen LogP contribution is 2.13. The van der Waals surface area contributed by atoms with E-state index >= 15 is 0 Å². The van der Waals surface area contributed by atoms with Gasteiger partial charge >= 0.3 is 0 Å². The molecule has 1 fully saturated rings. The maximum Gasteiger partial charge on any atom is 0.0669 e. The lowest BCUT2D eigenvalue weighted by Gasteiger charge is -2.09. The highest BCUT2D eigenvalue weighted by atomic mass is 15.1. The smallest absolute Gasteiger partial charge is 0.0669 e. The van der Waals surface area contributed by atoms with Gasteiger partial charge in [-0.15, -0.1) is 0 Å². The normalized spacial score (nSPS) is 28.2. The van der Waals surface area contributed by atoms with Crippen LogP contribution in [0.25, 0.3) is 0 Å². The number of likely N-dealkylation sites (tertiary alicyclic amines) is 1. The Balaban J connectivity index is 2.31. The second kappa shape index (κ2) is 2.84. The number of hydrogen-bond donors (Lipinski definition) is 0. The van der Waals surface area contributed by atoms with Gasteiger partial charge in [-0.2, -0.15) is 5.26 Å². The summed E-state index contributed by atoms with van der Waals surface area (Å²) in [6, 6.07) is 2.29. The topological polar surface area (TPSA) is 27.0 Å². The molecular formula is C7H12N2. The monoisotopic (exact) mass is 124 g/mol. The van der Waals surface area contributed by atoms with Crippen LogP contribution in [0.4, 0.5) is 0 Å². The molecule has 0 N–H and O–H groups in total. The van der Waals surface area contributed by atoms with Crippen molar-refractivity contribution in [1.82, 2.24) is 4.90 Å². The van der Waals surface area contributed by atoms with E-state index in [-0.39, 0.29) is 0 Å². The van der Waals surface area contributed by atoms with E-state index in [1.807, 2.05) is 0 Å². The van der Waals surface area contributed by atoms with Gasteiger partial charge in [0.25, 0.3) is 0 Å². The summed E-state index contributed by atoms with van der Waals surface area (Å²) in [5, 5.41) is 8.50. The van der Waals surface area contributed by atoms with E-state index in [0.29, 0.717) is 5.92 Å². The molecule has 1 rings (SSSR count). The fraction of sp³-hybridized carbons (Fsp3) is 0.857. The summed E-state index contributed by atoms with van der Waals surface area (Å²) in [5.41, 5.74) is 0. The molecule has 0 amide bonds. The number of nitriles is 1. The van der Waals surface area contributed by atoms with Crippen LogP contribution in [0.3, 0.4) is 0 Å². The minimum absolute atomic E-state index is 0.310. The third kappa shape index (κ3) is 1.43. The Morgan fingerprint density at radius 1 is 1.78 bits per heavy atom. The van der Waals surface area contributed by atoms with Gasteiger partial charge in [0, 0.05) is 6.54 Å². The molecular weight excluding hydrogens is 112 g/mol. The Kier molecular flexibility index (Phi) is 2.07. The van der Waals surface area contributed by atoms with Crippen molar-refractivity contribution in [3.05, 3.63) is 0 Å². The van der Waals surface area contributed by atoms with Gasteiger partial charge in [-0.05, 0) is 19.5 Å². The SMILES string of the molecule is CCN1CC[C@H](C#N)C1. The highest BCUT2D eigenvalue weighted by Gasteiger charge is 2.19. The second-order valence-corrected chi connectivity index (χ2v) is 2.51. The van der Waals surface area contributed by atoms with Gasteiger partial charge in [0.1, 0.15) is 0 Å². The van der Waals surface area contributed by atoms with Crippen LogP contribution in [0.2, 0.25) is 0 Å². The molecule has 1 aliphatic heterocycles. The standard InChI is InChI=1S/C7H12N2/c1-2-9-4-3-7(5-8)6-9/h7H,2-4,6H2,1H3/t7-/m1/s1. The van der Waals surface area contributed by atoms with Gasteiger partial charge in [-0.1, -0.05) is 6.92 Å². The van der Waals surface area contributed by atoms with E-state index in [1.54, 1.807) is 0 Å². The zero-order chi connectivity index (χ0) is 6.69. The van der Waals surface area contributed by atoms with Gasteiger partial charge < -0.3 is 4.90 Å². The maximum atomic E-state index is 8.50. The Labute approximate surface area is 56.1 Å². The highest BCUT2D eigenvalue weighted by molar-refractivity contribution is 4.89. The molecule has 1 saturated heterocycles. The summed E-state index contributed by atoms with van der Waals surface area (Å²) in [6.07, 6.45) is 1.07. The van der Waals surface area contributed by atoms with Crippen molar-refractivity contribution < 1.29 is 0 Å². The Hall–Kier alpha value is -0.550. The van der Waals surface area contributed by atoms with Crippen molar-refractivity contribution in [2.75, 3.05) is 19.6 Å². The van der Waals surface area contributed by atoms with Gasteiger partial charge in [-0.3, -0.25) is 0 Å². The van der Waals surface area contributed by atoms with Crippen LogP contribution in [0.5, 0.6) is 0 Å². The minimum atomic E-state index is 0.310. The van der Waals surface area contributed by atoms with Crippen LogP contribution in [0.1, 0.15) is 13.3 Å². The van der Waals surface area contributed by atoms with E-state index in [9.17, 15) is 0 Å². The molecule has 0 radical (unpaired) electrons. The lowest BCUT2D eigenvalue weighted by atomic mass is 10.1.